The normalized spacial score (nSPS) is 33.1. The average Bonchev–Trinajstić information content (AvgIpc) is 3.34. The fraction of sp³-hybridized carbons (Fsp3) is 0.656. The van der Waals surface area contributed by atoms with Gasteiger partial charge in [0.2, 0.25) is 0 Å². The van der Waals surface area contributed by atoms with E-state index in [-0.39, 0.29) is 12.6 Å². The van der Waals surface area contributed by atoms with E-state index in [0.717, 1.165) is 50.3 Å². The molecule has 1 aromatic heterocycles. The predicted octanol–water partition coefficient (Wildman–Crippen LogP) is 4.62. The zero-order valence-electron chi connectivity index (χ0n) is 23.2. The van der Waals surface area contributed by atoms with Gasteiger partial charge >= 0.3 is 0 Å². The number of aliphatic hydroxyl groups is 1. The van der Waals surface area contributed by atoms with E-state index < -0.39 is 0 Å². The molecule has 0 amide bonds. The van der Waals surface area contributed by atoms with Crippen molar-refractivity contribution >= 4 is 0 Å². The van der Waals surface area contributed by atoms with Gasteiger partial charge in [-0.25, -0.2) is 0 Å². The van der Waals surface area contributed by atoms with Crippen LogP contribution in [0.25, 0.3) is 0 Å². The summed E-state index contributed by atoms with van der Waals surface area (Å²) in [5, 5.41) is 10.8. The molecule has 6 nitrogen and oxygen atoms in total. The molecule has 0 bridgehead atoms. The van der Waals surface area contributed by atoms with Gasteiger partial charge in [0.1, 0.15) is 5.75 Å². The number of rotatable bonds is 7. The van der Waals surface area contributed by atoms with Gasteiger partial charge in [-0.2, -0.15) is 0 Å². The SMILES string of the molecule is COc1cccc(CN2CC3(CCN(Cc4ccccn4)CC3)C3C4CCC(OC)CC4CC3[C@@H]2CO)c1. The molecular formula is C32H45N3O3. The van der Waals surface area contributed by atoms with Crippen LogP contribution in [0.15, 0.2) is 48.7 Å². The van der Waals surface area contributed by atoms with Gasteiger partial charge in [-0.1, -0.05) is 18.2 Å². The summed E-state index contributed by atoms with van der Waals surface area (Å²) in [6, 6.07) is 15.0. The molecule has 2 saturated heterocycles. The minimum Gasteiger partial charge on any atom is -0.497 e. The Bertz CT molecular complexity index is 1060. The topological polar surface area (TPSA) is 58.1 Å². The fourth-order valence-corrected chi connectivity index (χ4v) is 9.02. The molecule has 4 fully saturated rings. The van der Waals surface area contributed by atoms with Crippen LogP contribution in [0.4, 0.5) is 0 Å². The maximum Gasteiger partial charge on any atom is 0.119 e. The Kier molecular flexibility index (Phi) is 7.77. The number of aromatic nitrogens is 1. The number of nitrogens with zero attached hydrogens (tertiary/aromatic N) is 3. The van der Waals surface area contributed by atoms with Crippen molar-refractivity contribution < 1.29 is 14.6 Å². The largest absolute Gasteiger partial charge is 0.497 e. The summed E-state index contributed by atoms with van der Waals surface area (Å²) in [6.07, 6.45) is 9.73. The summed E-state index contributed by atoms with van der Waals surface area (Å²) in [6.45, 7) is 5.43. The van der Waals surface area contributed by atoms with Gasteiger partial charge in [-0.3, -0.25) is 14.8 Å². The van der Waals surface area contributed by atoms with Crippen LogP contribution in [0, 0.1) is 29.1 Å². The van der Waals surface area contributed by atoms with Crippen molar-refractivity contribution in [2.45, 2.75) is 63.8 Å². The second-order valence-corrected chi connectivity index (χ2v) is 12.5. The summed E-state index contributed by atoms with van der Waals surface area (Å²) >= 11 is 0. The molecule has 2 aromatic rings. The highest BCUT2D eigenvalue weighted by molar-refractivity contribution is 5.28. The van der Waals surface area contributed by atoms with Crippen LogP contribution >= 0.6 is 0 Å². The zero-order chi connectivity index (χ0) is 26.1. The second-order valence-electron chi connectivity index (χ2n) is 12.5. The predicted molar refractivity (Wildman–Crippen MR) is 149 cm³/mol. The van der Waals surface area contributed by atoms with Gasteiger partial charge < -0.3 is 14.6 Å². The van der Waals surface area contributed by atoms with E-state index in [1.54, 1.807) is 7.11 Å². The summed E-state index contributed by atoms with van der Waals surface area (Å²) in [4.78, 5) is 9.85. The van der Waals surface area contributed by atoms with Crippen LogP contribution in [0.5, 0.6) is 5.75 Å². The van der Waals surface area contributed by atoms with Crippen LogP contribution in [0.2, 0.25) is 0 Å². The third kappa shape index (κ3) is 5.01. The number of hydrogen-bond donors (Lipinski definition) is 1. The number of likely N-dealkylation sites (tertiary alicyclic amines) is 2. The smallest absolute Gasteiger partial charge is 0.119 e. The Labute approximate surface area is 228 Å². The molecular weight excluding hydrogens is 474 g/mol. The maximum atomic E-state index is 10.8. The number of hydrogen-bond acceptors (Lipinski definition) is 6. The Balaban J connectivity index is 1.27. The second kappa shape index (κ2) is 11.2. The lowest BCUT2D eigenvalue weighted by atomic mass is 9.57. The average molecular weight is 520 g/mol. The van der Waals surface area contributed by atoms with Crippen LogP contribution in [-0.4, -0.2) is 72.5 Å². The van der Waals surface area contributed by atoms with Crippen molar-refractivity contribution in [1.82, 2.24) is 14.8 Å². The van der Waals surface area contributed by atoms with Gasteiger partial charge in [0.05, 0.1) is 25.5 Å². The van der Waals surface area contributed by atoms with E-state index in [1.165, 1.54) is 49.8 Å². The highest BCUT2D eigenvalue weighted by atomic mass is 16.5. The quantitative estimate of drug-likeness (QED) is 0.576. The van der Waals surface area contributed by atoms with E-state index in [0.29, 0.717) is 23.4 Å². The number of fused-ring (bicyclic) bond motifs is 4. The fourth-order valence-electron chi connectivity index (χ4n) is 9.02. The first-order valence-corrected chi connectivity index (χ1v) is 14.8. The lowest BCUT2D eigenvalue weighted by Gasteiger charge is -2.58. The molecule has 2 saturated carbocycles. The molecule has 6 rings (SSSR count). The number of methoxy groups -OCH3 is 2. The Morgan fingerprint density at radius 1 is 1.00 bits per heavy atom. The van der Waals surface area contributed by atoms with Crippen molar-refractivity contribution in [3.63, 3.8) is 0 Å². The van der Waals surface area contributed by atoms with Gasteiger partial charge in [-0.15, -0.1) is 0 Å². The van der Waals surface area contributed by atoms with Gasteiger partial charge in [0.25, 0.3) is 0 Å². The molecule has 6 atom stereocenters. The van der Waals surface area contributed by atoms with Crippen molar-refractivity contribution in [1.29, 1.82) is 0 Å². The van der Waals surface area contributed by atoms with Gasteiger partial charge in [0, 0.05) is 39.0 Å². The lowest BCUT2D eigenvalue weighted by Crippen LogP contribution is -2.61. The van der Waals surface area contributed by atoms with E-state index in [1.807, 2.05) is 25.4 Å². The molecule has 4 aliphatic rings. The van der Waals surface area contributed by atoms with Crippen molar-refractivity contribution in [2.24, 2.45) is 29.1 Å². The molecule has 0 radical (unpaired) electrons. The number of benzene rings is 1. The van der Waals surface area contributed by atoms with Gasteiger partial charge in [0.15, 0.2) is 0 Å². The number of piperidine rings is 2. The summed E-state index contributed by atoms with van der Waals surface area (Å²) in [5.74, 6) is 3.70. The third-order valence-corrected chi connectivity index (χ3v) is 10.7. The molecule has 206 valence electrons. The molecule has 2 aliphatic heterocycles. The van der Waals surface area contributed by atoms with Crippen LogP contribution in [0.1, 0.15) is 49.8 Å². The zero-order valence-corrected chi connectivity index (χ0v) is 23.2. The summed E-state index contributed by atoms with van der Waals surface area (Å²) in [7, 11) is 3.63. The van der Waals surface area contributed by atoms with E-state index in [2.05, 4.69) is 45.1 Å². The first-order chi connectivity index (χ1) is 18.6. The van der Waals surface area contributed by atoms with E-state index in [9.17, 15) is 5.11 Å². The molecule has 5 unspecified atom stereocenters. The lowest BCUT2D eigenvalue weighted by molar-refractivity contribution is -0.110. The molecule has 1 N–H and O–H groups in total. The highest BCUT2D eigenvalue weighted by Crippen LogP contribution is 2.62. The number of pyridine rings is 1. The Morgan fingerprint density at radius 3 is 2.61 bits per heavy atom. The van der Waals surface area contributed by atoms with Crippen molar-refractivity contribution in [2.75, 3.05) is 40.5 Å². The molecule has 1 spiro atoms. The minimum atomic E-state index is 0.231. The monoisotopic (exact) mass is 519 g/mol. The molecule has 1 aromatic carbocycles. The van der Waals surface area contributed by atoms with Crippen molar-refractivity contribution in [3.05, 3.63) is 59.9 Å². The Hall–Kier alpha value is -1.99. The Morgan fingerprint density at radius 2 is 1.87 bits per heavy atom. The summed E-state index contributed by atoms with van der Waals surface area (Å²) in [5.41, 5.74) is 2.76. The minimum absolute atomic E-state index is 0.231. The first-order valence-electron chi connectivity index (χ1n) is 14.8. The van der Waals surface area contributed by atoms with Crippen LogP contribution in [-0.2, 0) is 17.8 Å². The van der Waals surface area contributed by atoms with Crippen molar-refractivity contribution in [3.8, 4) is 5.75 Å². The first kappa shape index (κ1) is 26.2. The highest BCUT2D eigenvalue weighted by Gasteiger charge is 2.60. The summed E-state index contributed by atoms with van der Waals surface area (Å²) < 4.78 is 11.4. The third-order valence-electron chi connectivity index (χ3n) is 10.7. The maximum absolute atomic E-state index is 10.8. The number of aliphatic hydroxyl groups excluding tert-OH is 1. The molecule has 2 aliphatic carbocycles. The van der Waals surface area contributed by atoms with Crippen LogP contribution < -0.4 is 4.74 Å². The van der Waals surface area contributed by atoms with Gasteiger partial charge in [-0.05, 0) is 111 Å². The molecule has 6 heteroatoms. The molecule has 3 heterocycles. The standard InChI is InChI=1S/C32H45N3O3/c1-37-26-8-5-6-23(16-26)19-35-22-32(11-14-34(15-12-32)20-25-7-3-4-13-33-25)31-28-10-9-27(38-2)17-24(28)18-29(31)30(35)21-36/h3-8,13,16,24,27-31,36H,9-12,14-15,17-22H2,1-2H3/t24?,27?,28?,29?,30-,31?/m0/s1. The molecule has 38 heavy (non-hydrogen) atoms. The number of ether oxygens (including phenoxy) is 2. The van der Waals surface area contributed by atoms with E-state index in [4.69, 9.17) is 9.47 Å². The van der Waals surface area contributed by atoms with Crippen LogP contribution in [0.3, 0.4) is 0 Å². The van der Waals surface area contributed by atoms with E-state index >= 15 is 0 Å².